The second-order valence-corrected chi connectivity index (χ2v) is 15.0. The maximum atomic E-state index is 14.1. The van der Waals surface area contributed by atoms with Crippen LogP contribution in [0.25, 0.3) is 11.1 Å². The number of hydrogen-bond donors (Lipinski definition) is 4. The molecule has 12 heteroatoms. The Labute approximate surface area is 282 Å². The number of carbonyl (C=O) groups is 2. The molecular weight excluding hydrogens is 632 g/mol. The third kappa shape index (κ3) is 6.85. The normalized spacial score (nSPS) is 15.4. The first-order valence-corrected chi connectivity index (χ1v) is 17.6. The van der Waals surface area contributed by atoms with Crippen LogP contribution in [0.1, 0.15) is 78.8 Å². The number of guanidine groups is 1. The van der Waals surface area contributed by atoms with E-state index < -0.39 is 40.5 Å². The summed E-state index contributed by atoms with van der Waals surface area (Å²) in [7, 11) is -4.26. The van der Waals surface area contributed by atoms with E-state index in [1.807, 2.05) is 69.3 Å². The van der Waals surface area contributed by atoms with Crippen molar-refractivity contribution in [3.8, 4) is 16.9 Å². The van der Waals surface area contributed by atoms with E-state index in [-0.39, 0.29) is 42.4 Å². The van der Waals surface area contributed by atoms with Gasteiger partial charge in [0.15, 0.2) is 0 Å². The number of benzene rings is 3. The minimum absolute atomic E-state index is 0.0669. The zero-order valence-corrected chi connectivity index (χ0v) is 28.9. The number of nitrogens with two attached hydrogens (primary N) is 1. The average Bonchev–Trinajstić information content (AvgIpc) is 3.33. The Morgan fingerprint density at radius 3 is 2.25 bits per heavy atom. The molecule has 0 spiro atoms. The molecule has 0 aromatic heterocycles. The predicted octanol–water partition coefficient (Wildman–Crippen LogP) is 5.76. The number of hydrogen-bond acceptors (Lipinski definition) is 7. The number of sulfonamides is 1. The summed E-state index contributed by atoms with van der Waals surface area (Å²) < 4.78 is 40.9. The lowest BCUT2D eigenvalue weighted by Crippen LogP contribution is -2.43. The number of nitrogens with zero attached hydrogens (tertiary/aromatic N) is 1. The first-order chi connectivity index (χ1) is 22.6. The molecule has 3 aromatic carbocycles. The fraction of sp³-hybridized carbons (Fsp3) is 0.417. The molecule has 0 saturated heterocycles. The zero-order chi connectivity index (χ0) is 35.0. The summed E-state index contributed by atoms with van der Waals surface area (Å²) in [5.41, 5.74) is 12.4. The van der Waals surface area contributed by atoms with Crippen molar-refractivity contribution in [3.05, 3.63) is 81.9 Å². The monoisotopic (exact) mass is 676 g/mol. The molecule has 0 saturated carbocycles. The molecule has 11 nitrogen and oxygen atoms in total. The molecule has 0 radical (unpaired) electrons. The van der Waals surface area contributed by atoms with Crippen LogP contribution in [0, 0.1) is 26.2 Å². The Morgan fingerprint density at radius 2 is 1.67 bits per heavy atom. The van der Waals surface area contributed by atoms with Crippen molar-refractivity contribution in [1.29, 1.82) is 5.41 Å². The molecule has 256 valence electrons. The maximum absolute atomic E-state index is 14.1. The van der Waals surface area contributed by atoms with Crippen LogP contribution in [-0.2, 0) is 26.0 Å². The number of rotatable bonds is 11. The number of carbonyl (C=O) groups excluding carboxylic acids is 1. The van der Waals surface area contributed by atoms with E-state index in [1.54, 1.807) is 13.8 Å². The van der Waals surface area contributed by atoms with Crippen LogP contribution in [0.4, 0.5) is 4.79 Å². The van der Waals surface area contributed by atoms with Crippen molar-refractivity contribution in [2.24, 2.45) is 5.73 Å². The van der Waals surface area contributed by atoms with E-state index >= 15 is 0 Å². The van der Waals surface area contributed by atoms with Gasteiger partial charge >= 0.3 is 12.1 Å². The van der Waals surface area contributed by atoms with Crippen LogP contribution >= 0.6 is 0 Å². The summed E-state index contributed by atoms with van der Waals surface area (Å²) in [5, 5.41) is 20.4. The number of alkyl carbamates (subject to hydrolysis) is 1. The van der Waals surface area contributed by atoms with Gasteiger partial charge in [-0.25, -0.2) is 17.5 Å². The largest absolute Gasteiger partial charge is 0.487 e. The van der Waals surface area contributed by atoms with Crippen LogP contribution in [0.2, 0.25) is 0 Å². The Kier molecular flexibility index (Phi) is 9.77. The highest BCUT2D eigenvalue weighted by Gasteiger charge is 2.36. The van der Waals surface area contributed by atoms with E-state index in [0.717, 1.165) is 44.1 Å². The van der Waals surface area contributed by atoms with Gasteiger partial charge in [-0.2, -0.15) is 0 Å². The zero-order valence-electron chi connectivity index (χ0n) is 28.1. The summed E-state index contributed by atoms with van der Waals surface area (Å²) in [6.45, 7) is 9.19. The summed E-state index contributed by atoms with van der Waals surface area (Å²) in [6, 6.07) is 15.0. The molecule has 1 amide bonds. The Balaban J connectivity index is 1.27. The molecule has 1 aliphatic carbocycles. The Morgan fingerprint density at radius 1 is 1.06 bits per heavy atom. The molecule has 1 aliphatic heterocycles. The van der Waals surface area contributed by atoms with Crippen LogP contribution in [0.15, 0.2) is 53.4 Å². The van der Waals surface area contributed by atoms with E-state index in [4.69, 9.17) is 20.6 Å². The number of carboxylic acids is 1. The molecule has 0 fully saturated rings. The highest BCUT2D eigenvalue weighted by molar-refractivity contribution is 7.89. The number of carboxylic acid groups (broad SMARTS) is 1. The van der Waals surface area contributed by atoms with Crippen LogP contribution < -0.4 is 15.8 Å². The quantitative estimate of drug-likeness (QED) is 0.147. The second-order valence-electron chi connectivity index (χ2n) is 13.2. The fourth-order valence-corrected chi connectivity index (χ4v) is 8.84. The Hall–Kier alpha value is -4.58. The number of ether oxygens (including phenoxy) is 2. The summed E-state index contributed by atoms with van der Waals surface area (Å²) in [6.07, 6.45) is 0.451. The van der Waals surface area contributed by atoms with E-state index in [2.05, 4.69) is 5.32 Å². The van der Waals surface area contributed by atoms with E-state index in [1.165, 1.54) is 0 Å². The summed E-state index contributed by atoms with van der Waals surface area (Å²) in [5.74, 6) is -1.24. The van der Waals surface area contributed by atoms with Crippen LogP contribution in [0.3, 0.4) is 0 Å². The fourth-order valence-electron chi connectivity index (χ4n) is 6.94. The van der Waals surface area contributed by atoms with Crippen molar-refractivity contribution in [2.75, 3.05) is 13.2 Å². The molecule has 5 rings (SSSR count). The van der Waals surface area contributed by atoms with E-state index in [0.29, 0.717) is 23.3 Å². The van der Waals surface area contributed by atoms with Crippen molar-refractivity contribution in [3.63, 3.8) is 0 Å². The smallest absolute Gasteiger partial charge is 0.407 e. The van der Waals surface area contributed by atoms with Gasteiger partial charge in [-0.1, -0.05) is 48.5 Å². The van der Waals surface area contributed by atoms with Gasteiger partial charge < -0.3 is 25.6 Å². The minimum Gasteiger partial charge on any atom is -0.487 e. The van der Waals surface area contributed by atoms with Crippen molar-refractivity contribution in [2.45, 2.75) is 89.2 Å². The molecule has 0 unspecified atom stereocenters. The van der Waals surface area contributed by atoms with Gasteiger partial charge in [-0.05, 0) is 105 Å². The average molecular weight is 677 g/mol. The van der Waals surface area contributed by atoms with Crippen molar-refractivity contribution < 1.29 is 32.6 Å². The number of amides is 1. The molecule has 0 bridgehead atoms. The molecule has 1 atom stereocenters. The lowest BCUT2D eigenvalue weighted by Gasteiger charge is -2.36. The topological polar surface area (TPSA) is 172 Å². The number of fused-ring (bicyclic) bond motifs is 4. The molecule has 3 aromatic rings. The first kappa shape index (κ1) is 34.7. The third-order valence-electron chi connectivity index (χ3n) is 9.48. The third-order valence-corrected chi connectivity index (χ3v) is 11.6. The van der Waals surface area contributed by atoms with E-state index in [9.17, 15) is 23.1 Å². The molecular formula is C36H44N4O7S. The lowest BCUT2D eigenvalue weighted by molar-refractivity contribution is -0.137. The highest BCUT2D eigenvalue weighted by Crippen LogP contribution is 2.45. The van der Waals surface area contributed by atoms with Gasteiger partial charge in [0.05, 0.1) is 11.3 Å². The minimum atomic E-state index is -4.26. The Bertz CT molecular complexity index is 1830. The van der Waals surface area contributed by atoms with Crippen LogP contribution in [-0.4, -0.2) is 60.6 Å². The van der Waals surface area contributed by atoms with Crippen LogP contribution in [0.5, 0.6) is 5.75 Å². The molecule has 48 heavy (non-hydrogen) atoms. The van der Waals surface area contributed by atoms with Crippen molar-refractivity contribution >= 4 is 28.0 Å². The van der Waals surface area contributed by atoms with Crippen molar-refractivity contribution in [1.82, 2.24) is 9.62 Å². The molecule has 1 heterocycles. The predicted molar refractivity (Wildman–Crippen MR) is 183 cm³/mol. The highest BCUT2D eigenvalue weighted by atomic mass is 32.2. The first-order valence-electron chi connectivity index (χ1n) is 16.1. The van der Waals surface area contributed by atoms with Gasteiger partial charge in [0.1, 0.15) is 18.0 Å². The standard InChI is InChI=1S/C36H44N4O7S/c1-21-22(2)33(23(3)25-16-17-36(4,5)47-32(21)25)48(44,45)40(34(37)38)18-10-11-24(19-31(41)42)39-35(43)46-20-30-28-14-8-6-12-26(28)27-13-7-9-15-29(27)30/h6-9,12-15,24,30H,10-11,16-20H2,1-5H3,(H3,37,38)(H,39,43)(H,41,42)/t24-/m0/s1. The SMILES string of the molecule is Cc1c(C)c(S(=O)(=O)N(CCC[C@@H](CC(=O)O)NC(=O)OCC2c3ccccc3-c3ccccc32)C(=N)N)c(C)c2c1OC(C)(C)CC2. The van der Waals surface area contributed by atoms with Gasteiger partial charge in [0, 0.05) is 18.5 Å². The van der Waals surface area contributed by atoms with Gasteiger partial charge in [0.25, 0.3) is 10.0 Å². The molecule has 2 aliphatic rings. The lowest BCUT2D eigenvalue weighted by atomic mass is 9.88. The number of nitrogens with one attached hydrogen (secondary N) is 2. The maximum Gasteiger partial charge on any atom is 0.407 e. The summed E-state index contributed by atoms with van der Waals surface area (Å²) in [4.78, 5) is 24.7. The van der Waals surface area contributed by atoms with Gasteiger partial charge in [-0.15, -0.1) is 0 Å². The second kappa shape index (κ2) is 13.5. The molecule has 5 N–H and O–H groups in total. The van der Waals surface area contributed by atoms with Gasteiger partial charge in [-0.3, -0.25) is 10.2 Å². The number of aliphatic carboxylic acids is 1. The summed E-state index contributed by atoms with van der Waals surface area (Å²) >= 11 is 0. The van der Waals surface area contributed by atoms with Gasteiger partial charge in [0.2, 0.25) is 5.96 Å².